The summed E-state index contributed by atoms with van der Waals surface area (Å²) >= 11 is 0. The highest BCUT2D eigenvalue weighted by atomic mass is 16.5. The molecule has 0 aliphatic carbocycles. The van der Waals surface area contributed by atoms with Crippen LogP contribution in [0.25, 0.3) is 22.6 Å². The minimum Gasteiger partial charge on any atom is -0.493 e. The van der Waals surface area contributed by atoms with E-state index in [0.29, 0.717) is 25.5 Å². The Labute approximate surface area is 230 Å². The highest BCUT2D eigenvalue weighted by molar-refractivity contribution is 5.67. The summed E-state index contributed by atoms with van der Waals surface area (Å²) in [7, 11) is 0. The van der Waals surface area contributed by atoms with Gasteiger partial charge in [-0.1, -0.05) is 91.0 Å². The second kappa shape index (κ2) is 12.8. The first-order valence-corrected chi connectivity index (χ1v) is 13.4. The minimum absolute atomic E-state index is 0.491. The van der Waals surface area contributed by atoms with E-state index in [1.54, 1.807) is 0 Å². The van der Waals surface area contributed by atoms with Crippen molar-refractivity contribution in [3.05, 3.63) is 138 Å². The zero-order chi connectivity index (χ0) is 26.9. The Bertz CT molecular complexity index is 1500. The molecule has 196 valence electrons. The molecule has 0 saturated heterocycles. The first-order chi connectivity index (χ1) is 19.2. The summed E-state index contributed by atoms with van der Waals surface area (Å²) in [6.07, 6.45) is 5.63. The lowest BCUT2D eigenvalue weighted by molar-refractivity contribution is 0.294. The second-order valence-electron chi connectivity index (χ2n) is 9.38. The molecule has 5 aromatic rings. The van der Waals surface area contributed by atoms with Crippen LogP contribution in [0.5, 0.6) is 11.5 Å². The largest absolute Gasteiger partial charge is 0.493 e. The molecule has 0 aliphatic rings. The highest BCUT2D eigenvalue weighted by Crippen LogP contribution is 2.28. The quantitative estimate of drug-likeness (QED) is 0.165. The van der Waals surface area contributed by atoms with Crippen molar-refractivity contribution in [3.8, 4) is 34.1 Å². The Morgan fingerprint density at radius 2 is 1.46 bits per heavy atom. The molecule has 0 bridgehead atoms. The van der Waals surface area contributed by atoms with Gasteiger partial charge in [-0.3, -0.25) is 0 Å². The summed E-state index contributed by atoms with van der Waals surface area (Å²) < 4.78 is 18.3. The number of rotatable bonds is 11. The average Bonchev–Trinajstić information content (AvgIpc) is 3.36. The molecule has 0 atom stereocenters. The van der Waals surface area contributed by atoms with E-state index < -0.39 is 0 Å². The van der Waals surface area contributed by atoms with Gasteiger partial charge >= 0.3 is 0 Å². The number of ether oxygens (including phenoxy) is 2. The van der Waals surface area contributed by atoms with Gasteiger partial charge in [0.1, 0.15) is 23.9 Å². The highest BCUT2D eigenvalue weighted by Gasteiger charge is 2.13. The van der Waals surface area contributed by atoms with Crippen molar-refractivity contribution in [2.24, 2.45) is 0 Å². The van der Waals surface area contributed by atoms with E-state index in [4.69, 9.17) is 18.9 Å². The van der Waals surface area contributed by atoms with Gasteiger partial charge in [0.05, 0.1) is 12.3 Å². The molecular weight excluding hydrogens is 482 g/mol. The molecule has 1 aromatic heterocycles. The van der Waals surface area contributed by atoms with Crippen molar-refractivity contribution in [1.29, 1.82) is 0 Å². The number of aryl methyl sites for hydroxylation is 1. The van der Waals surface area contributed by atoms with Gasteiger partial charge in [-0.25, -0.2) is 4.98 Å². The topological polar surface area (TPSA) is 44.5 Å². The molecule has 4 aromatic carbocycles. The van der Waals surface area contributed by atoms with Crippen LogP contribution < -0.4 is 9.47 Å². The summed E-state index contributed by atoms with van der Waals surface area (Å²) in [6.45, 7) is 4.99. The van der Waals surface area contributed by atoms with Crippen molar-refractivity contribution < 1.29 is 13.9 Å². The van der Waals surface area contributed by atoms with E-state index in [2.05, 4.69) is 66.7 Å². The normalized spacial score (nSPS) is 11.1. The lowest BCUT2D eigenvalue weighted by Gasteiger charge is -2.13. The third kappa shape index (κ3) is 6.85. The summed E-state index contributed by atoms with van der Waals surface area (Å²) in [5.41, 5.74) is 6.47. The summed E-state index contributed by atoms with van der Waals surface area (Å²) in [5, 5.41) is 0. The zero-order valence-corrected chi connectivity index (χ0v) is 22.5. The van der Waals surface area contributed by atoms with Gasteiger partial charge in [-0.05, 0) is 60.7 Å². The number of aromatic nitrogens is 1. The number of hydrogen-bond acceptors (Lipinski definition) is 4. The lowest BCUT2D eigenvalue weighted by atomic mass is 10.0. The maximum atomic E-state index is 6.27. The predicted octanol–water partition coefficient (Wildman–Crippen LogP) is 8.64. The SMILES string of the molecule is CC=CCc1ccc(OCc2ccccc2)cc1OCCc1nc(-c2ccc(-c3ccccc3)cc2)oc1C. The molecule has 1 heterocycles. The van der Waals surface area contributed by atoms with Gasteiger partial charge in [0.2, 0.25) is 5.89 Å². The number of nitrogens with zero attached hydrogens (tertiary/aromatic N) is 1. The van der Waals surface area contributed by atoms with E-state index in [-0.39, 0.29) is 0 Å². The Hall–Kier alpha value is -4.57. The molecule has 0 N–H and O–H groups in total. The van der Waals surface area contributed by atoms with Crippen molar-refractivity contribution in [1.82, 2.24) is 4.98 Å². The zero-order valence-electron chi connectivity index (χ0n) is 22.5. The molecule has 0 amide bonds. The van der Waals surface area contributed by atoms with E-state index in [9.17, 15) is 0 Å². The van der Waals surface area contributed by atoms with E-state index in [1.165, 1.54) is 11.1 Å². The molecule has 4 heteroatoms. The van der Waals surface area contributed by atoms with Gasteiger partial charge in [-0.2, -0.15) is 0 Å². The van der Waals surface area contributed by atoms with Crippen molar-refractivity contribution >= 4 is 0 Å². The van der Waals surface area contributed by atoms with Crippen LogP contribution in [0.4, 0.5) is 0 Å². The van der Waals surface area contributed by atoms with Crippen LogP contribution >= 0.6 is 0 Å². The maximum Gasteiger partial charge on any atom is 0.226 e. The minimum atomic E-state index is 0.491. The van der Waals surface area contributed by atoms with Crippen LogP contribution in [0.2, 0.25) is 0 Å². The van der Waals surface area contributed by atoms with Gasteiger partial charge in [-0.15, -0.1) is 0 Å². The molecule has 0 saturated carbocycles. The van der Waals surface area contributed by atoms with Crippen LogP contribution in [-0.2, 0) is 19.4 Å². The number of benzene rings is 4. The summed E-state index contributed by atoms with van der Waals surface area (Å²) in [4.78, 5) is 4.78. The third-order valence-corrected chi connectivity index (χ3v) is 6.59. The Kier molecular flexibility index (Phi) is 8.54. The Morgan fingerprint density at radius 1 is 0.769 bits per heavy atom. The maximum absolute atomic E-state index is 6.27. The van der Waals surface area contributed by atoms with Crippen LogP contribution in [0, 0.1) is 6.92 Å². The monoisotopic (exact) mass is 515 g/mol. The molecule has 5 rings (SSSR count). The van der Waals surface area contributed by atoms with Crippen LogP contribution in [0.15, 0.2) is 120 Å². The van der Waals surface area contributed by atoms with Crippen molar-refractivity contribution in [2.75, 3.05) is 6.61 Å². The molecule has 0 unspecified atom stereocenters. The molecule has 0 radical (unpaired) electrons. The molecule has 0 fully saturated rings. The van der Waals surface area contributed by atoms with Crippen LogP contribution in [-0.4, -0.2) is 11.6 Å². The molecular formula is C35H33NO3. The number of hydrogen-bond donors (Lipinski definition) is 0. The van der Waals surface area contributed by atoms with Gasteiger partial charge in [0.25, 0.3) is 0 Å². The van der Waals surface area contributed by atoms with Crippen LogP contribution in [0.3, 0.4) is 0 Å². The molecule has 0 aliphatic heterocycles. The fourth-order valence-electron chi connectivity index (χ4n) is 4.39. The second-order valence-corrected chi connectivity index (χ2v) is 9.38. The third-order valence-electron chi connectivity index (χ3n) is 6.59. The van der Waals surface area contributed by atoms with Crippen molar-refractivity contribution in [2.45, 2.75) is 33.3 Å². The van der Waals surface area contributed by atoms with E-state index >= 15 is 0 Å². The van der Waals surface area contributed by atoms with Gasteiger partial charge < -0.3 is 13.9 Å². The Morgan fingerprint density at radius 3 is 2.21 bits per heavy atom. The first kappa shape index (κ1) is 26.1. The molecule has 0 spiro atoms. The Balaban J connectivity index is 1.24. The standard InChI is InChI=1S/C35H33NO3/c1-3-4-13-30-20-21-32(38-25-27-11-7-5-8-12-27)24-34(30)37-23-22-33-26(2)39-35(36-33)31-18-16-29(17-19-31)28-14-9-6-10-15-28/h3-12,14-21,24H,13,22-23,25H2,1-2H3. The van der Waals surface area contributed by atoms with E-state index in [1.807, 2.05) is 62.4 Å². The lowest BCUT2D eigenvalue weighted by Crippen LogP contribution is -2.05. The molecule has 4 nitrogen and oxygen atoms in total. The molecule has 39 heavy (non-hydrogen) atoms. The smallest absolute Gasteiger partial charge is 0.226 e. The number of allylic oxidation sites excluding steroid dienone is 2. The first-order valence-electron chi connectivity index (χ1n) is 13.4. The van der Waals surface area contributed by atoms with Crippen LogP contribution in [0.1, 0.15) is 29.5 Å². The fraction of sp³-hybridized carbons (Fsp3) is 0.171. The average molecular weight is 516 g/mol. The number of oxazole rings is 1. The predicted molar refractivity (Wildman–Crippen MR) is 157 cm³/mol. The fourth-order valence-corrected chi connectivity index (χ4v) is 4.39. The van der Waals surface area contributed by atoms with Gasteiger partial charge in [0, 0.05) is 18.1 Å². The van der Waals surface area contributed by atoms with E-state index in [0.717, 1.165) is 46.1 Å². The van der Waals surface area contributed by atoms with Crippen molar-refractivity contribution in [3.63, 3.8) is 0 Å². The summed E-state index contributed by atoms with van der Waals surface area (Å²) in [6, 6.07) is 34.9. The van der Waals surface area contributed by atoms with Gasteiger partial charge in [0.15, 0.2) is 0 Å². The summed E-state index contributed by atoms with van der Waals surface area (Å²) in [5.74, 6) is 3.07.